The summed E-state index contributed by atoms with van der Waals surface area (Å²) in [6.45, 7) is 4.75. The predicted octanol–water partition coefficient (Wildman–Crippen LogP) is 5.21. The van der Waals surface area contributed by atoms with E-state index in [9.17, 15) is 0 Å². The highest BCUT2D eigenvalue weighted by molar-refractivity contribution is 9.10. The van der Waals surface area contributed by atoms with Gasteiger partial charge in [0.1, 0.15) is 5.82 Å². The molecule has 0 atom stereocenters. The van der Waals surface area contributed by atoms with E-state index in [1.165, 1.54) is 11.1 Å². The fraction of sp³-hybridized carbons (Fsp3) is 0.158. The zero-order valence-electron chi connectivity index (χ0n) is 13.7. The lowest BCUT2D eigenvalue weighted by atomic mass is 10.1. The van der Waals surface area contributed by atoms with E-state index in [1.807, 2.05) is 37.3 Å². The molecule has 2 N–H and O–H groups in total. The average molecular weight is 383 g/mol. The van der Waals surface area contributed by atoms with E-state index in [2.05, 4.69) is 67.7 Å². The minimum atomic E-state index is 0.619. The lowest BCUT2D eigenvalue weighted by Crippen LogP contribution is -2.06. The first-order valence-corrected chi connectivity index (χ1v) is 8.55. The van der Waals surface area contributed by atoms with Crippen molar-refractivity contribution >= 4 is 33.4 Å². The Morgan fingerprint density at radius 1 is 0.958 bits per heavy atom. The van der Waals surface area contributed by atoms with E-state index in [0.29, 0.717) is 12.5 Å². The molecule has 1 aromatic heterocycles. The van der Waals surface area contributed by atoms with Gasteiger partial charge in [-0.1, -0.05) is 51.8 Å². The Balaban J connectivity index is 1.73. The highest BCUT2D eigenvalue weighted by Crippen LogP contribution is 2.20. The van der Waals surface area contributed by atoms with Crippen molar-refractivity contribution in [3.8, 4) is 0 Å². The van der Waals surface area contributed by atoms with Crippen LogP contribution in [0.5, 0.6) is 0 Å². The maximum Gasteiger partial charge on any atom is 0.225 e. The van der Waals surface area contributed by atoms with Gasteiger partial charge >= 0.3 is 0 Å². The normalized spacial score (nSPS) is 10.5. The minimum absolute atomic E-state index is 0.619. The van der Waals surface area contributed by atoms with Crippen LogP contribution in [0.3, 0.4) is 0 Å². The first kappa shape index (κ1) is 16.5. The summed E-state index contributed by atoms with van der Waals surface area (Å²) < 4.78 is 1.02. The van der Waals surface area contributed by atoms with Gasteiger partial charge in [0.05, 0.1) is 0 Å². The molecule has 0 saturated heterocycles. The molecule has 24 heavy (non-hydrogen) atoms. The summed E-state index contributed by atoms with van der Waals surface area (Å²) >= 11 is 3.48. The van der Waals surface area contributed by atoms with Gasteiger partial charge in [0, 0.05) is 28.5 Å². The van der Waals surface area contributed by atoms with Crippen LogP contribution in [0.15, 0.2) is 59.1 Å². The number of aryl methyl sites for hydroxylation is 2. The minimum Gasteiger partial charge on any atom is -0.350 e. The van der Waals surface area contributed by atoms with E-state index in [4.69, 9.17) is 0 Å². The molecule has 0 saturated carbocycles. The van der Waals surface area contributed by atoms with E-state index in [0.717, 1.165) is 21.7 Å². The number of halogens is 1. The van der Waals surface area contributed by atoms with E-state index in [-0.39, 0.29) is 0 Å². The molecular weight excluding hydrogens is 364 g/mol. The third-order valence-corrected chi connectivity index (χ3v) is 3.98. The summed E-state index contributed by atoms with van der Waals surface area (Å²) in [5, 5.41) is 6.61. The summed E-state index contributed by atoms with van der Waals surface area (Å²) in [5.74, 6) is 1.39. The molecule has 3 aromatic rings. The molecule has 0 bridgehead atoms. The number of hydrogen-bond donors (Lipinski definition) is 2. The van der Waals surface area contributed by atoms with Crippen LogP contribution >= 0.6 is 15.9 Å². The smallest absolute Gasteiger partial charge is 0.225 e. The van der Waals surface area contributed by atoms with Crippen LogP contribution < -0.4 is 10.6 Å². The Bertz CT molecular complexity index is 848. The van der Waals surface area contributed by atoms with Crippen LogP contribution in [-0.2, 0) is 6.54 Å². The molecule has 0 unspecified atom stereocenters. The molecule has 0 aliphatic heterocycles. The molecule has 122 valence electrons. The molecule has 0 radical (unpaired) electrons. The topological polar surface area (TPSA) is 49.8 Å². The molecule has 4 nitrogen and oxygen atoms in total. The van der Waals surface area contributed by atoms with Crippen LogP contribution in [0.4, 0.5) is 17.5 Å². The maximum atomic E-state index is 4.55. The van der Waals surface area contributed by atoms with Gasteiger partial charge in [0.2, 0.25) is 5.95 Å². The van der Waals surface area contributed by atoms with Crippen molar-refractivity contribution in [3.05, 3.63) is 75.9 Å². The number of anilines is 3. The van der Waals surface area contributed by atoms with Crippen molar-refractivity contribution in [1.29, 1.82) is 0 Å². The highest BCUT2D eigenvalue weighted by Gasteiger charge is 2.04. The van der Waals surface area contributed by atoms with E-state index >= 15 is 0 Å². The van der Waals surface area contributed by atoms with Gasteiger partial charge in [-0.2, -0.15) is 4.98 Å². The number of benzene rings is 2. The van der Waals surface area contributed by atoms with Gasteiger partial charge in [-0.3, -0.25) is 0 Å². The van der Waals surface area contributed by atoms with Crippen molar-refractivity contribution in [2.75, 3.05) is 10.6 Å². The maximum absolute atomic E-state index is 4.55. The molecule has 1 heterocycles. The Morgan fingerprint density at radius 2 is 1.79 bits per heavy atom. The van der Waals surface area contributed by atoms with Gasteiger partial charge < -0.3 is 10.6 Å². The second-order valence-corrected chi connectivity index (χ2v) is 6.61. The molecule has 0 fully saturated rings. The third kappa shape index (κ3) is 4.55. The summed E-state index contributed by atoms with van der Waals surface area (Å²) in [6.07, 6.45) is 0. The Kier molecular flexibility index (Phi) is 5.11. The third-order valence-electron chi connectivity index (χ3n) is 3.48. The molecule has 3 rings (SSSR count). The van der Waals surface area contributed by atoms with Crippen LogP contribution in [0, 0.1) is 13.8 Å². The second-order valence-electron chi connectivity index (χ2n) is 5.70. The average Bonchev–Trinajstić information content (AvgIpc) is 2.52. The summed E-state index contributed by atoms with van der Waals surface area (Å²) in [5.41, 5.74) is 4.35. The zero-order chi connectivity index (χ0) is 16.9. The summed E-state index contributed by atoms with van der Waals surface area (Å²) in [7, 11) is 0. The van der Waals surface area contributed by atoms with E-state index in [1.54, 1.807) is 0 Å². The van der Waals surface area contributed by atoms with Crippen LogP contribution in [0.2, 0.25) is 0 Å². The van der Waals surface area contributed by atoms with Crippen molar-refractivity contribution in [2.24, 2.45) is 0 Å². The van der Waals surface area contributed by atoms with Gasteiger partial charge in [-0.25, -0.2) is 4.98 Å². The standard InChI is InChI=1S/C19H19BrN4/c1-13-5-3-6-15(9-13)12-21-19-22-14(2)10-18(24-19)23-17-8-4-7-16(20)11-17/h3-11H,12H2,1-2H3,(H2,21,22,23,24). The van der Waals surface area contributed by atoms with Gasteiger partial charge in [-0.05, 0) is 37.6 Å². The SMILES string of the molecule is Cc1cccc(CNc2nc(C)cc(Nc3cccc(Br)c3)n2)c1. The van der Waals surface area contributed by atoms with Crippen LogP contribution in [-0.4, -0.2) is 9.97 Å². The van der Waals surface area contributed by atoms with Crippen molar-refractivity contribution in [2.45, 2.75) is 20.4 Å². The largest absolute Gasteiger partial charge is 0.350 e. The summed E-state index contributed by atoms with van der Waals surface area (Å²) in [6, 6.07) is 18.3. The molecule has 5 heteroatoms. The van der Waals surface area contributed by atoms with Gasteiger partial charge in [0.25, 0.3) is 0 Å². The number of aromatic nitrogens is 2. The quantitative estimate of drug-likeness (QED) is 0.635. The monoisotopic (exact) mass is 382 g/mol. The van der Waals surface area contributed by atoms with Crippen LogP contribution in [0.1, 0.15) is 16.8 Å². The van der Waals surface area contributed by atoms with Gasteiger partial charge in [-0.15, -0.1) is 0 Å². The number of hydrogen-bond acceptors (Lipinski definition) is 4. The first-order chi connectivity index (χ1) is 11.6. The van der Waals surface area contributed by atoms with Gasteiger partial charge in [0.15, 0.2) is 0 Å². The van der Waals surface area contributed by atoms with E-state index < -0.39 is 0 Å². The summed E-state index contributed by atoms with van der Waals surface area (Å²) in [4.78, 5) is 9.01. The van der Waals surface area contributed by atoms with Crippen molar-refractivity contribution in [1.82, 2.24) is 9.97 Å². The molecule has 2 aromatic carbocycles. The molecular formula is C19H19BrN4. The number of nitrogens with one attached hydrogen (secondary N) is 2. The Morgan fingerprint density at radius 3 is 2.58 bits per heavy atom. The fourth-order valence-electron chi connectivity index (χ4n) is 2.43. The highest BCUT2D eigenvalue weighted by atomic mass is 79.9. The first-order valence-electron chi connectivity index (χ1n) is 7.76. The molecule has 0 aliphatic rings. The lowest BCUT2D eigenvalue weighted by molar-refractivity contribution is 1.03. The fourth-order valence-corrected chi connectivity index (χ4v) is 2.83. The van der Waals surface area contributed by atoms with Crippen LogP contribution in [0.25, 0.3) is 0 Å². The number of nitrogens with zero attached hydrogens (tertiary/aromatic N) is 2. The van der Waals surface area contributed by atoms with Crippen molar-refractivity contribution in [3.63, 3.8) is 0 Å². The number of rotatable bonds is 5. The molecule has 0 aliphatic carbocycles. The Hall–Kier alpha value is -2.40. The van der Waals surface area contributed by atoms with Crippen molar-refractivity contribution < 1.29 is 0 Å². The predicted molar refractivity (Wildman–Crippen MR) is 103 cm³/mol. The Labute approximate surface area is 150 Å². The molecule has 0 amide bonds. The second kappa shape index (κ2) is 7.45. The lowest BCUT2D eigenvalue weighted by Gasteiger charge is -2.10. The zero-order valence-corrected chi connectivity index (χ0v) is 15.3. The molecule has 0 spiro atoms.